The molecule has 3 aromatic rings. The fraction of sp³-hybridized carbons (Fsp3) is 0.286. The number of rotatable bonds is 8. The smallest absolute Gasteiger partial charge is 0.304 e. The molecule has 2 atom stereocenters. The second-order valence-corrected chi connectivity index (χ2v) is 8.79. The average molecular weight is 474 g/mol. The van der Waals surface area contributed by atoms with Crippen LogP contribution in [0.5, 0.6) is 23.0 Å². The summed E-state index contributed by atoms with van der Waals surface area (Å²) < 4.78 is 32.8. The lowest BCUT2D eigenvalue weighted by molar-refractivity contribution is -0.137. The van der Waals surface area contributed by atoms with Crippen molar-refractivity contribution < 1.29 is 28.5 Å². The number of fused-ring (bicyclic) bond motifs is 2. The monoisotopic (exact) mass is 473 g/mol. The van der Waals surface area contributed by atoms with Gasteiger partial charge in [0.05, 0.1) is 19.1 Å². The molecular formula is C28H24FNO5. The second-order valence-electron chi connectivity index (χ2n) is 8.79. The van der Waals surface area contributed by atoms with Crippen LogP contribution in [-0.2, 0) is 17.6 Å². The lowest BCUT2D eigenvalue weighted by atomic mass is 9.98. The minimum atomic E-state index is -0.863. The van der Waals surface area contributed by atoms with Crippen LogP contribution >= 0.6 is 0 Å². The number of aryl methyl sites for hydroxylation is 1. The molecule has 0 saturated heterocycles. The van der Waals surface area contributed by atoms with E-state index >= 15 is 0 Å². The molecule has 0 bridgehead atoms. The van der Waals surface area contributed by atoms with Crippen molar-refractivity contribution in [2.75, 3.05) is 6.61 Å². The fourth-order valence-electron chi connectivity index (χ4n) is 4.78. The Morgan fingerprint density at radius 1 is 1.14 bits per heavy atom. The molecule has 1 aliphatic carbocycles. The Balaban J connectivity index is 1.32. The van der Waals surface area contributed by atoms with E-state index in [1.165, 1.54) is 6.07 Å². The van der Waals surface area contributed by atoms with Crippen LogP contribution in [0.1, 0.15) is 53.5 Å². The topological polar surface area (TPSA) is 88.8 Å². The lowest BCUT2D eigenvalue weighted by Crippen LogP contribution is -2.07. The molecule has 0 spiro atoms. The Morgan fingerprint density at radius 2 is 1.94 bits per heavy atom. The zero-order valence-electron chi connectivity index (χ0n) is 19.0. The van der Waals surface area contributed by atoms with Crippen LogP contribution in [0.15, 0.2) is 54.6 Å². The highest BCUT2D eigenvalue weighted by Crippen LogP contribution is 2.44. The van der Waals surface area contributed by atoms with Crippen LogP contribution < -0.4 is 14.2 Å². The number of carbonyl (C=O) groups is 1. The van der Waals surface area contributed by atoms with E-state index in [9.17, 15) is 9.18 Å². The van der Waals surface area contributed by atoms with Crippen molar-refractivity contribution in [2.45, 2.75) is 44.1 Å². The number of benzene rings is 3. The van der Waals surface area contributed by atoms with Gasteiger partial charge < -0.3 is 19.3 Å². The first-order chi connectivity index (χ1) is 17.0. The van der Waals surface area contributed by atoms with Gasteiger partial charge in [0.1, 0.15) is 34.9 Å². The number of halogens is 1. The van der Waals surface area contributed by atoms with Crippen LogP contribution in [0, 0.1) is 17.1 Å². The van der Waals surface area contributed by atoms with Gasteiger partial charge in [0.15, 0.2) is 0 Å². The van der Waals surface area contributed by atoms with Gasteiger partial charge in [0.25, 0.3) is 0 Å². The van der Waals surface area contributed by atoms with Gasteiger partial charge in [-0.15, -0.1) is 0 Å². The average Bonchev–Trinajstić information content (AvgIpc) is 3.45. The predicted octanol–water partition coefficient (Wildman–Crippen LogP) is 6.09. The van der Waals surface area contributed by atoms with E-state index in [0.717, 1.165) is 16.7 Å². The number of carboxylic acids is 1. The van der Waals surface area contributed by atoms with Gasteiger partial charge in [-0.25, -0.2) is 4.39 Å². The van der Waals surface area contributed by atoms with Gasteiger partial charge in [-0.3, -0.25) is 4.79 Å². The zero-order valence-corrected chi connectivity index (χ0v) is 19.0. The van der Waals surface area contributed by atoms with Crippen LogP contribution in [0.25, 0.3) is 0 Å². The molecule has 3 aromatic carbocycles. The van der Waals surface area contributed by atoms with Crippen LogP contribution in [0.3, 0.4) is 0 Å². The Kier molecular flexibility index (Phi) is 6.28. The summed E-state index contributed by atoms with van der Waals surface area (Å²) in [6, 6.07) is 18.1. The van der Waals surface area contributed by atoms with Gasteiger partial charge in [-0.2, -0.15) is 5.26 Å². The van der Waals surface area contributed by atoms with Crippen LogP contribution in [0.4, 0.5) is 4.39 Å². The molecule has 0 aromatic heterocycles. The molecule has 2 aliphatic rings. The Labute approximate surface area is 202 Å². The molecule has 1 aliphatic heterocycles. The molecule has 0 saturated carbocycles. The van der Waals surface area contributed by atoms with Crippen LogP contribution in [-0.4, -0.2) is 17.7 Å². The number of hydrogen-bond donors (Lipinski definition) is 1. The molecule has 1 unspecified atom stereocenters. The molecule has 7 heteroatoms. The van der Waals surface area contributed by atoms with Crippen molar-refractivity contribution in [1.29, 1.82) is 5.26 Å². The first-order valence-corrected chi connectivity index (χ1v) is 11.6. The zero-order chi connectivity index (χ0) is 24.4. The molecule has 178 valence electrons. The largest absolute Gasteiger partial charge is 0.492 e. The summed E-state index contributed by atoms with van der Waals surface area (Å²) in [6.45, 7) is 0.325. The summed E-state index contributed by atoms with van der Waals surface area (Å²) in [5.41, 5.74) is 3.21. The number of hydrogen-bond acceptors (Lipinski definition) is 5. The first-order valence-electron chi connectivity index (χ1n) is 11.6. The molecule has 0 amide bonds. The number of nitriles is 1. The van der Waals surface area contributed by atoms with E-state index in [1.807, 2.05) is 30.3 Å². The third kappa shape index (κ3) is 4.78. The van der Waals surface area contributed by atoms with Gasteiger partial charge in [0.2, 0.25) is 0 Å². The molecule has 5 rings (SSSR count). The highest BCUT2D eigenvalue weighted by atomic mass is 19.1. The van der Waals surface area contributed by atoms with E-state index in [2.05, 4.69) is 6.07 Å². The van der Waals surface area contributed by atoms with Crippen LogP contribution in [0.2, 0.25) is 0 Å². The summed E-state index contributed by atoms with van der Waals surface area (Å²) in [5, 5.41) is 17.8. The minimum Gasteiger partial charge on any atom is -0.492 e. The van der Waals surface area contributed by atoms with Gasteiger partial charge in [-0.05, 0) is 55.2 Å². The number of carboxylic acid groups (broad SMARTS) is 1. The third-order valence-corrected chi connectivity index (χ3v) is 6.48. The van der Waals surface area contributed by atoms with Gasteiger partial charge in [0, 0.05) is 35.1 Å². The summed E-state index contributed by atoms with van der Waals surface area (Å²) in [6.07, 6.45) is 1.94. The maximum absolute atomic E-state index is 14.9. The standard InChI is InChI=1S/C28H24FNO5/c29-23-10-12-24(34-19-5-3-17(4-6-19)2-1-13-30)22-9-11-25(28(22)23)35-20-7-8-21-18(14-27(31)32)16-33-26(21)15-20/h3-8,10,12,15,18,25H,1-2,9,11,14,16H2,(H,31,32)/t18?,25-/m1/s1. The van der Waals surface area contributed by atoms with Crippen molar-refractivity contribution in [3.63, 3.8) is 0 Å². The van der Waals surface area contributed by atoms with E-state index in [1.54, 1.807) is 18.2 Å². The molecule has 0 fully saturated rings. The normalized spacial score (nSPS) is 17.7. The lowest BCUT2D eigenvalue weighted by Gasteiger charge is -2.17. The van der Waals surface area contributed by atoms with E-state index < -0.39 is 12.1 Å². The van der Waals surface area contributed by atoms with E-state index in [4.69, 9.17) is 24.6 Å². The van der Waals surface area contributed by atoms with E-state index in [-0.39, 0.29) is 18.2 Å². The quantitative estimate of drug-likeness (QED) is 0.426. The van der Waals surface area contributed by atoms with Gasteiger partial charge in [-0.1, -0.05) is 18.2 Å². The minimum absolute atomic E-state index is 0.0137. The predicted molar refractivity (Wildman–Crippen MR) is 125 cm³/mol. The van der Waals surface area contributed by atoms with Crippen molar-refractivity contribution in [1.82, 2.24) is 0 Å². The Bertz CT molecular complexity index is 1300. The number of aliphatic carboxylic acids is 1. The maximum atomic E-state index is 14.9. The second kappa shape index (κ2) is 9.67. The SMILES string of the molecule is N#CCCc1ccc(Oc2ccc(F)c3c2CC[C@H]3Oc2ccc3c(c2)OCC3CC(=O)O)cc1. The summed E-state index contributed by atoms with van der Waals surface area (Å²) in [7, 11) is 0. The maximum Gasteiger partial charge on any atom is 0.304 e. The summed E-state index contributed by atoms with van der Waals surface area (Å²) in [4.78, 5) is 11.1. The fourth-order valence-corrected chi connectivity index (χ4v) is 4.78. The molecule has 35 heavy (non-hydrogen) atoms. The summed E-state index contributed by atoms with van der Waals surface area (Å²) in [5.74, 6) is 1.04. The molecule has 1 N–H and O–H groups in total. The highest BCUT2D eigenvalue weighted by Gasteiger charge is 2.32. The molecule has 1 heterocycles. The van der Waals surface area contributed by atoms with Crippen molar-refractivity contribution in [3.8, 4) is 29.1 Å². The van der Waals surface area contributed by atoms with Crippen molar-refractivity contribution in [2.24, 2.45) is 0 Å². The number of nitrogens with zero attached hydrogens (tertiary/aromatic N) is 1. The highest BCUT2D eigenvalue weighted by molar-refractivity contribution is 5.68. The number of ether oxygens (including phenoxy) is 3. The van der Waals surface area contributed by atoms with Crippen molar-refractivity contribution in [3.05, 3.63) is 82.7 Å². The molecule has 0 radical (unpaired) electrons. The molecule has 6 nitrogen and oxygen atoms in total. The van der Waals surface area contributed by atoms with Gasteiger partial charge >= 0.3 is 5.97 Å². The Hall–Kier alpha value is -4.05. The molecular weight excluding hydrogens is 449 g/mol. The first kappa shape index (κ1) is 22.7. The third-order valence-electron chi connectivity index (χ3n) is 6.48. The van der Waals surface area contributed by atoms with E-state index in [0.29, 0.717) is 60.9 Å². The van der Waals surface area contributed by atoms with Crippen molar-refractivity contribution >= 4 is 5.97 Å². The Morgan fingerprint density at radius 3 is 2.71 bits per heavy atom. The summed E-state index contributed by atoms with van der Waals surface area (Å²) >= 11 is 0.